The van der Waals surface area contributed by atoms with Crippen molar-refractivity contribution in [3.05, 3.63) is 12.7 Å². The molecule has 1 rings (SSSR count). The van der Waals surface area contributed by atoms with Crippen LogP contribution in [0.2, 0.25) is 0 Å². The number of nitrogens with zero attached hydrogens (tertiary/aromatic N) is 2. The number of hydrogen-bond acceptors (Lipinski definition) is 2. The van der Waals surface area contributed by atoms with Gasteiger partial charge in [-0.3, -0.25) is 4.79 Å². The van der Waals surface area contributed by atoms with Crippen LogP contribution in [-0.2, 0) is 4.79 Å². The van der Waals surface area contributed by atoms with Gasteiger partial charge < -0.3 is 14.9 Å². The van der Waals surface area contributed by atoms with Gasteiger partial charge in [-0.25, -0.2) is 4.79 Å². The molecule has 0 heterocycles. The maximum atomic E-state index is 12.3. The van der Waals surface area contributed by atoms with Crippen molar-refractivity contribution in [1.82, 2.24) is 9.80 Å². The molecular weight excluding hydrogens is 244 g/mol. The number of rotatable bonds is 5. The second kappa shape index (κ2) is 7.16. The van der Waals surface area contributed by atoms with E-state index in [4.69, 9.17) is 5.11 Å². The van der Waals surface area contributed by atoms with Gasteiger partial charge in [-0.05, 0) is 18.8 Å². The van der Waals surface area contributed by atoms with Crippen molar-refractivity contribution < 1.29 is 14.7 Å². The summed E-state index contributed by atoms with van der Waals surface area (Å²) in [6, 6.07) is -0.00115. The number of aliphatic carboxylic acids is 1. The Morgan fingerprint density at radius 3 is 2.63 bits per heavy atom. The van der Waals surface area contributed by atoms with E-state index < -0.39 is 5.97 Å². The van der Waals surface area contributed by atoms with Crippen LogP contribution >= 0.6 is 0 Å². The van der Waals surface area contributed by atoms with Gasteiger partial charge in [0.15, 0.2) is 0 Å². The third-order valence-electron chi connectivity index (χ3n) is 3.70. The smallest absolute Gasteiger partial charge is 0.323 e. The van der Waals surface area contributed by atoms with E-state index in [-0.39, 0.29) is 25.2 Å². The van der Waals surface area contributed by atoms with Crippen molar-refractivity contribution in [3.63, 3.8) is 0 Å². The Labute approximate surface area is 114 Å². The van der Waals surface area contributed by atoms with Crippen molar-refractivity contribution in [2.24, 2.45) is 5.92 Å². The van der Waals surface area contributed by atoms with Crippen LogP contribution in [0, 0.1) is 5.92 Å². The Morgan fingerprint density at radius 2 is 2.11 bits per heavy atom. The first-order valence-corrected chi connectivity index (χ1v) is 6.80. The fourth-order valence-electron chi connectivity index (χ4n) is 2.66. The lowest BCUT2D eigenvalue weighted by atomic mass is 9.86. The number of carbonyl (C=O) groups excluding carboxylic acids is 1. The fraction of sp³-hybridized carbons (Fsp3) is 0.714. The quantitative estimate of drug-likeness (QED) is 0.777. The van der Waals surface area contributed by atoms with Gasteiger partial charge in [0.25, 0.3) is 0 Å². The van der Waals surface area contributed by atoms with E-state index >= 15 is 0 Å². The predicted molar refractivity (Wildman–Crippen MR) is 74.0 cm³/mol. The predicted octanol–water partition coefficient (Wildman–Crippen LogP) is 2.19. The molecule has 5 nitrogen and oxygen atoms in total. The zero-order valence-electron chi connectivity index (χ0n) is 11.8. The molecule has 0 saturated heterocycles. The van der Waals surface area contributed by atoms with E-state index in [9.17, 15) is 9.59 Å². The van der Waals surface area contributed by atoms with Crippen LogP contribution in [0.15, 0.2) is 12.7 Å². The van der Waals surface area contributed by atoms with Gasteiger partial charge in [-0.2, -0.15) is 0 Å². The van der Waals surface area contributed by atoms with E-state index in [2.05, 4.69) is 13.5 Å². The zero-order chi connectivity index (χ0) is 14.4. The van der Waals surface area contributed by atoms with Gasteiger partial charge in [0.1, 0.15) is 6.54 Å². The summed E-state index contributed by atoms with van der Waals surface area (Å²) < 4.78 is 0. The number of amides is 2. The molecule has 0 spiro atoms. The molecule has 0 radical (unpaired) electrons. The SMILES string of the molecule is C=CCN(CC(=O)O)C(=O)N(C)C1CCCC(C)C1. The van der Waals surface area contributed by atoms with E-state index in [0.717, 1.165) is 19.3 Å². The third-order valence-corrected chi connectivity index (χ3v) is 3.70. The first kappa shape index (κ1) is 15.5. The first-order valence-electron chi connectivity index (χ1n) is 6.80. The maximum absolute atomic E-state index is 12.3. The van der Waals surface area contributed by atoms with Crippen LogP contribution in [0.1, 0.15) is 32.6 Å². The van der Waals surface area contributed by atoms with Crippen molar-refractivity contribution in [3.8, 4) is 0 Å². The lowest BCUT2D eigenvalue weighted by molar-refractivity contribution is -0.137. The van der Waals surface area contributed by atoms with Gasteiger partial charge in [-0.15, -0.1) is 6.58 Å². The minimum absolute atomic E-state index is 0.220. The largest absolute Gasteiger partial charge is 0.480 e. The molecular formula is C14H24N2O3. The molecule has 0 bridgehead atoms. The molecule has 108 valence electrons. The summed E-state index contributed by atoms with van der Waals surface area (Å²) >= 11 is 0. The average Bonchev–Trinajstić information content (AvgIpc) is 2.36. The van der Waals surface area contributed by atoms with Crippen LogP contribution in [0.4, 0.5) is 4.79 Å². The molecule has 1 fully saturated rings. The van der Waals surface area contributed by atoms with Crippen molar-refractivity contribution in [2.75, 3.05) is 20.1 Å². The number of carbonyl (C=O) groups is 2. The van der Waals surface area contributed by atoms with Gasteiger partial charge in [0.2, 0.25) is 0 Å². The van der Waals surface area contributed by atoms with Gasteiger partial charge in [-0.1, -0.05) is 25.8 Å². The highest BCUT2D eigenvalue weighted by atomic mass is 16.4. The Morgan fingerprint density at radius 1 is 1.42 bits per heavy atom. The summed E-state index contributed by atoms with van der Waals surface area (Å²) in [7, 11) is 1.77. The molecule has 2 atom stereocenters. The van der Waals surface area contributed by atoms with Crippen LogP contribution in [0.25, 0.3) is 0 Å². The standard InChI is InChI=1S/C14H24N2O3/c1-4-8-16(10-13(17)18)14(19)15(3)12-7-5-6-11(2)9-12/h4,11-12H,1,5-10H2,2-3H3,(H,17,18). The van der Waals surface area contributed by atoms with Crippen LogP contribution in [0.3, 0.4) is 0 Å². The molecule has 1 aliphatic carbocycles. The monoisotopic (exact) mass is 268 g/mol. The highest BCUT2D eigenvalue weighted by Gasteiger charge is 2.28. The molecule has 1 saturated carbocycles. The highest BCUT2D eigenvalue weighted by molar-refractivity contribution is 5.80. The van der Waals surface area contributed by atoms with Crippen LogP contribution < -0.4 is 0 Å². The lowest BCUT2D eigenvalue weighted by Gasteiger charge is -2.36. The topological polar surface area (TPSA) is 60.9 Å². The third kappa shape index (κ3) is 4.58. The molecule has 2 amide bonds. The number of urea groups is 1. The Hall–Kier alpha value is -1.52. The van der Waals surface area contributed by atoms with Crippen molar-refractivity contribution >= 4 is 12.0 Å². The summed E-state index contributed by atoms with van der Waals surface area (Å²) in [6.45, 7) is 5.75. The highest BCUT2D eigenvalue weighted by Crippen LogP contribution is 2.27. The summed E-state index contributed by atoms with van der Waals surface area (Å²) in [5, 5.41) is 8.85. The first-order chi connectivity index (χ1) is 8.95. The van der Waals surface area contributed by atoms with E-state index in [1.807, 2.05) is 0 Å². The maximum Gasteiger partial charge on any atom is 0.323 e. The Balaban J connectivity index is 2.66. The van der Waals surface area contributed by atoms with Crippen LogP contribution in [0.5, 0.6) is 0 Å². The molecule has 5 heteroatoms. The second-order valence-corrected chi connectivity index (χ2v) is 5.38. The second-order valence-electron chi connectivity index (χ2n) is 5.38. The van der Waals surface area contributed by atoms with E-state index in [1.165, 1.54) is 11.3 Å². The van der Waals surface area contributed by atoms with Gasteiger partial charge >= 0.3 is 12.0 Å². The van der Waals surface area contributed by atoms with Crippen molar-refractivity contribution in [2.45, 2.75) is 38.6 Å². The Kier molecular flexibility index (Phi) is 5.86. The minimum atomic E-state index is -0.999. The zero-order valence-corrected chi connectivity index (χ0v) is 11.8. The van der Waals surface area contributed by atoms with E-state index in [1.54, 1.807) is 18.0 Å². The summed E-state index contributed by atoms with van der Waals surface area (Å²) in [6.07, 6.45) is 5.89. The lowest BCUT2D eigenvalue weighted by Crippen LogP contribution is -2.48. The molecule has 1 N–H and O–H groups in total. The normalized spacial score (nSPS) is 22.6. The van der Waals surface area contributed by atoms with Crippen LogP contribution in [-0.4, -0.2) is 53.1 Å². The Bertz CT molecular complexity index is 344. The summed E-state index contributed by atoms with van der Waals surface area (Å²) in [5.74, 6) is -0.373. The minimum Gasteiger partial charge on any atom is -0.480 e. The molecule has 19 heavy (non-hydrogen) atoms. The number of carboxylic acid groups (broad SMARTS) is 1. The summed E-state index contributed by atoms with van der Waals surface area (Å²) in [4.78, 5) is 26.1. The van der Waals surface area contributed by atoms with Crippen molar-refractivity contribution in [1.29, 1.82) is 0 Å². The van der Waals surface area contributed by atoms with Gasteiger partial charge in [0.05, 0.1) is 0 Å². The summed E-state index contributed by atoms with van der Waals surface area (Å²) in [5.41, 5.74) is 0. The molecule has 0 aromatic heterocycles. The number of hydrogen-bond donors (Lipinski definition) is 1. The molecule has 1 aliphatic rings. The molecule has 0 aromatic carbocycles. The van der Waals surface area contributed by atoms with Gasteiger partial charge in [0, 0.05) is 19.6 Å². The number of carboxylic acids is 1. The van der Waals surface area contributed by atoms with E-state index in [0.29, 0.717) is 5.92 Å². The average molecular weight is 268 g/mol. The molecule has 0 aromatic rings. The molecule has 2 unspecified atom stereocenters. The molecule has 0 aliphatic heterocycles. The fourth-order valence-corrected chi connectivity index (χ4v) is 2.66.